The van der Waals surface area contributed by atoms with Gasteiger partial charge in [0, 0.05) is 34.9 Å². The number of benzene rings is 1. The predicted octanol–water partition coefficient (Wildman–Crippen LogP) is 4.29. The maximum Gasteiger partial charge on any atom is 0.0665 e. The van der Waals surface area contributed by atoms with Crippen LogP contribution in [0, 0.1) is 0 Å². The highest BCUT2D eigenvalue weighted by atomic mass is 32.1. The average molecular weight is 294 g/mol. The van der Waals surface area contributed by atoms with Crippen molar-refractivity contribution in [3.05, 3.63) is 58.5 Å². The van der Waals surface area contributed by atoms with Crippen molar-refractivity contribution in [2.75, 3.05) is 18.0 Å². The lowest BCUT2D eigenvalue weighted by Crippen LogP contribution is -2.31. The molecule has 0 bridgehead atoms. The van der Waals surface area contributed by atoms with E-state index >= 15 is 0 Å². The molecule has 3 heteroatoms. The van der Waals surface area contributed by atoms with Crippen molar-refractivity contribution >= 4 is 27.8 Å². The molecule has 3 heterocycles. The molecular weight excluding hydrogens is 276 g/mol. The van der Waals surface area contributed by atoms with E-state index < -0.39 is 0 Å². The number of aromatic nitrogens is 1. The highest BCUT2D eigenvalue weighted by Crippen LogP contribution is 2.33. The lowest BCUT2D eigenvalue weighted by atomic mass is 10.0. The monoisotopic (exact) mass is 294 g/mol. The van der Waals surface area contributed by atoms with Crippen molar-refractivity contribution < 1.29 is 0 Å². The minimum absolute atomic E-state index is 1.09. The third kappa shape index (κ3) is 2.42. The summed E-state index contributed by atoms with van der Waals surface area (Å²) in [5.74, 6) is 0. The van der Waals surface area contributed by atoms with E-state index in [1.165, 1.54) is 33.5 Å². The molecule has 2 aromatic heterocycles. The van der Waals surface area contributed by atoms with Crippen LogP contribution in [0.3, 0.4) is 0 Å². The summed E-state index contributed by atoms with van der Waals surface area (Å²) in [5.41, 5.74) is 2.64. The fraction of sp³-hybridized carbons (Fsp3) is 0.278. The largest absolute Gasteiger partial charge is 0.369 e. The smallest absolute Gasteiger partial charge is 0.0665 e. The lowest BCUT2D eigenvalue weighted by molar-refractivity contribution is 0.680. The van der Waals surface area contributed by atoms with Gasteiger partial charge in [-0.3, -0.25) is 4.98 Å². The second-order valence-electron chi connectivity index (χ2n) is 5.56. The third-order valence-electron chi connectivity index (χ3n) is 4.21. The average Bonchev–Trinajstić information content (AvgIpc) is 3.06. The van der Waals surface area contributed by atoms with Crippen molar-refractivity contribution in [2.45, 2.75) is 19.3 Å². The molecule has 0 unspecified atom stereocenters. The van der Waals surface area contributed by atoms with Gasteiger partial charge in [-0.25, -0.2) is 0 Å². The Hall–Kier alpha value is -1.87. The summed E-state index contributed by atoms with van der Waals surface area (Å²) in [5, 5.41) is 4.77. The van der Waals surface area contributed by atoms with Crippen molar-refractivity contribution in [3.63, 3.8) is 0 Å². The van der Waals surface area contributed by atoms with Crippen LogP contribution in [0.1, 0.15) is 17.0 Å². The molecular formula is C18H18N2S. The second kappa shape index (κ2) is 5.49. The molecule has 21 heavy (non-hydrogen) atoms. The van der Waals surface area contributed by atoms with Gasteiger partial charge in [0.2, 0.25) is 0 Å². The fourth-order valence-corrected chi connectivity index (χ4v) is 3.90. The molecule has 106 valence electrons. The van der Waals surface area contributed by atoms with E-state index in [9.17, 15) is 0 Å². The molecule has 0 saturated carbocycles. The molecule has 1 aliphatic heterocycles. The van der Waals surface area contributed by atoms with Crippen LogP contribution in [0.4, 0.5) is 5.69 Å². The Bertz CT molecular complexity index is 749. The van der Waals surface area contributed by atoms with Crippen molar-refractivity contribution in [1.29, 1.82) is 0 Å². The first kappa shape index (κ1) is 12.8. The van der Waals surface area contributed by atoms with Gasteiger partial charge in [0.1, 0.15) is 0 Å². The standard InChI is InChI=1S/C18H18N2S/c1-2-7-16-14(5-1)13-19-17-8-3-10-20(18(16)17)11-9-15-6-4-12-21-15/h1-2,4-7,12-13H,3,8-11H2. The van der Waals surface area contributed by atoms with Gasteiger partial charge < -0.3 is 4.90 Å². The minimum atomic E-state index is 1.09. The van der Waals surface area contributed by atoms with E-state index in [0.717, 1.165) is 25.9 Å². The van der Waals surface area contributed by atoms with E-state index in [2.05, 4.69) is 46.7 Å². The van der Waals surface area contributed by atoms with Crippen molar-refractivity contribution in [3.8, 4) is 0 Å². The Kier molecular flexibility index (Phi) is 3.36. The van der Waals surface area contributed by atoms with Gasteiger partial charge >= 0.3 is 0 Å². The van der Waals surface area contributed by atoms with E-state index in [4.69, 9.17) is 4.98 Å². The summed E-state index contributed by atoms with van der Waals surface area (Å²) in [4.78, 5) is 8.71. The molecule has 4 rings (SSSR count). The number of hydrogen-bond donors (Lipinski definition) is 0. The van der Waals surface area contributed by atoms with Crippen LogP contribution < -0.4 is 4.90 Å². The van der Waals surface area contributed by atoms with E-state index in [1.54, 1.807) is 0 Å². The maximum atomic E-state index is 4.70. The summed E-state index contributed by atoms with van der Waals surface area (Å²) in [6, 6.07) is 13.0. The molecule has 0 fully saturated rings. The molecule has 0 aliphatic carbocycles. The Morgan fingerprint density at radius 2 is 2.10 bits per heavy atom. The van der Waals surface area contributed by atoms with Gasteiger partial charge in [0.15, 0.2) is 0 Å². The number of pyridine rings is 1. The first-order chi connectivity index (χ1) is 10.4. The molecule has 0 amide bonds. The van der Waals surface area contributed by atoms with Crippen LogP contribution in [0.25, 0.3) is 10.8 Å². The molecule has 0 atom stereocenters. The summed E-state index contributed by atoms with van der Waals surface area (Å²) in [7, 11) is 0. The van der Waals surface area contributed by atoms with Crippen LogP contribution >= 0.6 is 11.3 Å². The number of hydrogen-bond acceptors (Lipinski definition) is 3. The van der Waals surface area contributed by atoms with Gasteiger partial charge in [-0.15, -0.1) is 11.3 Å². The van der Waals surface area contributed by atoms with Crippen molar-refractivity contribution in [2.24, 2.45) is 0 Å². The van der Waals surface area contributed by atoms with E-state index in [-0.39, 0.29) is 0 Å². The molecule has 3 aromatic rings. The summed E-state index contributed by atoms with van der Waals surface area (Å²) >= 11 is 1.85. The van der Waals surface area contributed by atoms with Crippen LogP contribution in [0.15, 0.2) is 48.0 Å². The highest BCUT2D eigenvalue weighted by molar-refractivity contribution is 7.09. The number of thiophene rings is 1. The number of fused-ring (bicyclic) bond motifs is 3. The first-order valence-corrected chi connectivity index (χ1v) is 8.44. The molecule has 1 aromatic carbocycles. The van der Waals surface area contributed by atoms with E-state index in [0.29, 0.717) is 0 Å². The molecule has 1 aliphatic rings. The minimum Gasteiger partial charge on any atom is -0.369 e. The Morgan fingerprint density at radius 3 is 3.00 bits per heavy atom. The van der Waals surface area contributed by atoms with Gasteiger partial charge in [0.25, 0.3) is 0 Å². The van der Waals surface area contributed by atoms with Crippen LogP contribution in [-0.2, 0) is 12.8 Å². The summed E-state index contributed by atoms with van der Waals surface area (Å²) in [6.45, 7) is 2.23. The Labute approximate surface area is 129 Å². The number of rotatable bonds is 3. The maximum absolute atomic E-state index is 4.70. The third-order valence-corrected chi connectivity index (χ3v) is 5.15. The fourth-order valence-electron chi connectivity index (χ4n) is 3.20. The normalized spacial score (nSPS) is 14.4. The Balaban J connectivity index is 1.70. The SMILES string of the molecule is c1csc(CCN2CCCc3ncc4ccccc4c32)c1. The summed E-state index contributed by atoms with van der Waals surface area (Å²) in [6.07, 6.45) is 5.47. The zero-order chi connectivity index (χ0) is 14.1. The predicted molar refractivity (Wildman–Crippen MR) is 90.3 cm³/mol. The zero-order valence-electron chi connectivity index (χ0n) is 12.0. The molecule has 0 N–H and O–H groups in total. The number of anilines is 1. The number of nitrogens with zero attached hydrogens (tertiary/aromatic N) is 2. The summed E-state index contributed by atoms with van der Waals surface area (Å²) < 4.78 is 0. The molecule has 2 nitrogen and oxygen atoms in total. The number of aryl methyl sites for hydroxylation is 1. The van der Waals surface area contributed by atoms with Crippen molar-refractivity contribution in [1.82, 2.24) is 4.98 Å². The van der Waals surface area contributed by atoms with Crippen LogP contribution in [0.5, 0.6) is 0 Å². The van der Waals surface area contributed by atoms with E-state index in [1.807, 2.05) is 17.5 Å². The highest BCUT2D eigenvalue weighted by Gasteiger charge is 2.20. The topological polar surface area (TPSA) is 16.1 Å². The zero-order valence-corrected chi connectivity index (χ0v) is 12.8. The molecule has 0 saturated heterocycles. The Morgan fingerprint density at radius 1 is 1.14 bits per heavy atom. The molecule has 0 spiro atoms. The molecule has 0 radical (unpaired) electrons. The van der Waals surface area contributed by atoms with Gasteiger partial charge in [-0.2, -0.15) is 0 Å². The van der Waals surface area contributed by atoms with Crippen LogP contribution in [-0.4, -0.2) is 18.1 Å². The van der Waals surface area contributed by atoms with Gasteiger partial charge in [-0.05, 0) is 30.7 Å². The quantitative estimate of drug-likeness (QED) is 0.716. The lowest BCUT2D eigenvalue weighted by Gasteiger charge is -2.31. The second-order valence-corrected chi connectivity index (χ2v) is 6.59. The van der Waals surface area contributed by atoms with Crippen LogP contribution in [0.2, 0.25) is 0 Å². The van der Waals surface area contributed by atoms with Gasteiger partial charge in [-0.1, -0.05) is 30.3 Å². The first-order valence-electron chi connectivity index (χ1n) is 7.56. The van der Waals surface area contributed by atoms with Gasteiger partial charge in [0.05, 0.1) is 11.4 Å².